The van der Waals surface area contributed by atoms with Crippen LogP contribution in [0.4, 0.5) is 0 Å². The largest absolute Gasteiger partial charge is 0.392 e. The lowest BCUT2D eigenvalue weighted by Crippen LogP contribution is -2.63. The minimum atomic E-state index is -0.229. The van der Waals surface area contributed by atoms with Crippen molar-refractivity contribution in [3.8, 4) is 0 Å². The maximum absolute atomic E-state index is 12.8. The Labute approximate surface area is 146 Å². The summed E-state index contributed by atoms with van der Waals surface area (Å²) in [5.41, 5.74) is -0.0577. The second-order valence-corrected chi connectivity index (χ2v) is 7.88. The zero-order chi connectivity index (χ0) is 17.2. The van der Waals surface area contributed by atoms with Gasteiger partial charge in [-0.3, -0.25) is 9.69 Å². The van der Waals surface area contributed by atoms with E-state index in [1.54, 1.807) is 0 Å². The summed E-state index contributed by atoms with van der Waals surface area (Å²) >= 11 is 0. The number of nitrogens with zero attached hydrogens (tertiary/aromatic N) is 2. The highest BCUT2D eigenvalue weighted by Gasteiger charge is 2.56. The first-order valence-corrected chi connectivity index (χ1v) is 9.91. The van der Waals surface area contributed by atoms with E-state index in [9.17, 15) is 9.90 Å². The molecule has 0 aromatic heterocycles. The van der Waals surface area contributed by atoms with E-state index in [0.29, 0.717) is 12.5 Å². The summed E-state index contributed by atoms with van der Waals surface area (Å²) in [4.78, 5) is 17.2. The molecule has 3 atom stereocenters. The molecule has 1 amide bonds. The van der Waals surface area contributed by atoms with Crippen molar-refractivity contribution in [1.82, 2.24) is 9.80 Å². The number of aliphatic hydroxyl groups excluding tert-OH is 1. The monoisotopic (exact) mass is 338 g/mol. The van der Waals surface area contributed by atoms with Gasteiger partial charge in [-0.05, 0) is 52.6 Å². The van der Waals surface area contributed by atoms with Gasteiger partial charge >= 0.3 is 0 Å². The molecule has 0 aromatic carbocycles. The third-order valence-electron chi connectivity index (χ3n) is 6.66. The zero-order valence-corrected chi connectivity index (χ0v) is 15.4. The SMILES string of the molecule is CCO[C@@H]1C[C@@H](O)C12CCN([C@@H](C)C(=O)N1CCCCCC1)CC2. The van der Waals surface area contributed by atoms with Crippen LogP contribution in [-0.4, -0.2) is 71.8 Å². The Morgan fingerprint density at radius 2 is 1.79 bits per heavy atom. The fourth-order valence-corrected chi connectivity index (χ4v) is 4.86. The van der Waals surface area contributed by atoms with E-state index in [1.165, 1.54) is 12.8 Å². The lowest BCUT2D eigenvalue weighted by atomic mass is 9.58. The molecule has 138 valence electrons. The van der Waals surface area contributed by atoms with Crippen LogP contribution in [0.2, 0.25) is 0 Å². The number of amides is 1. The van der Waals surface area contributed by atoms with Gasteiger partial charge in [0.15, 0.2) is 0 Å². The number of likely N-dealkylation sites (tertiary alicyclic amines) is 2. The molecule has 1 saturated carbocycles. The van der Waals surface area contributed by atoms with Gasteiger partial charge in [0.25, 0.3) is 0 Å². The number of carbonyl (C=O) groups excluding carboxylic acids is 1. The van der Waals surface area contributed by atoms with Gasteiger partial charge in [0, 0.05) is 31.5 Å². The summed E-state index contributed by atoms with van der Waals surface area (Å²) in [6.45, 7) is 8.42. The van der Waals surface area contributed by atoms with Gasteiger partial charge in [-0.1, -0.05) is 12.8 Å². The quantitative estimate of drug-likeness (QED) is 0.852. The third-order valence-corrected chi connectivity index (χ3v) is 6.66. The topological polar surface area (TPSA) is 53.0 Å². The van der Waals surface area contributed by atoms with E-state index in [0.717, 1.165) is 58.3 Å². The Kier molecular flexibility index (Phi) is 5.83. The van der Waals surface area contributed by atoms with E-state index in [2.05, 4.69) is 16.7 Å². The first-order valence-electron chi connectivity index (χ1n) is 9.91. The van der Waals surface area contributed by atoms with Crippen LogP contribution in [0.15, 0.2) is 0 Å². The van der Waals surface area contributed by atoms with Crippen molar-refractivity contribution in [2.75, 3.05) is 32.8 Å². The molecule has 5 heteroatoms. The highest BCUT2D eigenvalue weighted by Crippen LogP contribution is 2.51. The third kappa shape index (κ3) is 3.35. The summed E-state index contributed by atoms with van der Waals surface area (Å²) in [5, 5.41) is 10.3. The fourth-order valence-electron chi connectivity index (χ4n) is 4.86. The highest BCUT2D eigenvalue weighted by molar-refractivity contribution is 5.81. The maximum atomic E-state index is 12.8. The van der Waals surface area contributed by atoms with Crippen LogP contribution in [0.3, 0.4) is 0 Å². The summed E-state index contributed by atoms with van der Waals surface area (Å²) in [7, 11) is 0. The predicted molar refractivity (Wildman–Crippen MR) is 93.8 cm³/mol. The molecular formula is C19H34N2O3. The van der Waals surface area contributed by atoms with Crippen molar-refractivity contribution in [1.29, 1.82) is 0 Å². The molecule has 1 N–H and O–H groups in total. The van der Waals surface area contributed by atoms with Crippen molar-refractivity contribution in [3.63, 3.8) is 0 Å². The van der Waals surface area contributed by atoms with Gasteiger partial charge in [-0.15, -0.1) is 0 Å². The number of ether oxygens (including phenoxy) is 1. The Morgan fingerprint density at radius 1 is 1.17 bits per heavy atom. The van der Waals surface area contributed by atoms with Crippen molar-refractivity contribution >= 4 is 5.91 Å². The highest BCUT2D eigenvalue weighted by atomic mass is 16.5. The van der Waals surface area contributed by atoms with E-state index in [-0.39, 0.29) is 23.7 Å². The maximum Gasteiger partial charge on any atom is 0.239 e. The Balaban J connectivity index is 1.54. The minimum Gasteiger partial charge on any atom is -0.392 e. The molecule has 2 aliphatic heterocycles. The number of rotatable bonds is 4. The number of carbonyl (C=O) groups is 1. The Morgan fingerprint density at radius 3 is 2.33 bits per heavy atom. The minimum absolute atomic E-state index is 0.0387. The number of piperidine rings is 1. The van der Waals surface area contributed by atoms with Crippen LogP contribution >= 0.6 is 0 Å². The Bertz CT molecular complexity index is 424. The molecule has 1 spiro atoms. The summed E-state index contributed by atoms with van der Waals surface area (Å²) < 4.78 is 5.84. The smallest absolute Gasteiger partial charge is 0.239 e. The van der Waals surface area contributed by atoms with Crippen molar-refractivity contribution in [3.05, 3.63) is 0 Å². The van der Waals surface area contributed by atoms with Crippen molar-refractivity contribution in [2.24, 2.45) is 5.41 Å². The molecule has 2 heterocycles. The van der Waals surface area contributed by atoms with Crippen LogP contribution in [0.5, 0.6) is 0 Å². The molecule has 2 saturated heterocycles. The first-order chi connectivity index (χ1) is 11.6. The van der Waals surface area contributed by atoms with Crippen LogP contribution in [0.25, 0.3) is 0 Å². The summed E-state index contributed by atoms with van der Waals surface area (Å²) in [6.07, 6.45) is 7.42. The van der Waals surface area contributed by atoms with E-state index in [4.69, 9.17) is 4.74 Å². The van der Waals surface area contributed by atoms with E-state index in [1.807, 2.05) is 6.92 Å². The van der Waals surface area contributed by atoms with Crippen LogP contribution in [0, 0.1) is 5.41 Å². The second-order valence-electron chi connectivity index (χ2n) is 7.88. The molecule has 0 unspecified atom stereocenters. The fraction of sp³-hybridized carbons (Fsp3) is 0.947. The van der Waals surface area contributed by atoms with Gasteiger partial charge in [-0.2, -0.15) is 0 Å². The molecule has 0 bridgehead atoms. The van der Waals surface area contributed by atoms with Crippen molar-refractivity contribution < 1.29 is 14.6 Å². The Hall–Kier alpha value is -0.650. The van der Waals surface area contributed by atoms with Gasteiger partial charge in [0.1, 0.15) is 0 Å². The van der Waals surface area contributed by atoms with Gasteiger partial charge in [0.05, 0.1) is 18.2 Å². The molecular weight excluding hydrogens is 304 g/mol. The van der Waals surface area contributed by atoms with Gasteiger partial charge in [-0.25, -0.2) is 0 Å². The lowest BCUT2D eigenvalue weighted by Gasteiger charge is -2.57. The zero-order valence-electron chi connectivity index (χ0n) is 15.4. The average Bonchev–Trinajstić information content (AvgIpc) is 2.90. The standard InChI is InChI=1S/C19H34N2O3/c1-3-24-17-14-16(22)19(17)8-12-20(13-9-19)15(2)18(23)21-10-6-4-5-7-11-21/h15-17,22H,3-14H2,1-2H3/t15-,16+,17+/m0/s1. The molecule has 3 fully saturated rings. The molecule has 3 rings (SSSR count). The van der Waals surface area contributed by atoms with Crippen LogP contribution in [0.1, 0.15) is 58.8 Å². The van der Waals surface area contributed by atoms with E-state index < -0.39 is 0 Å². The average molecular weight is 338 g/mol. The normalized spacial score (nSPS) is 32.2. The van der Waals surface area contributed by atoms with Crippen molar-refractivity contribution in [2.45, 2.75) is 77.0 Å². The molecule has 3 aliphatic rings. The first kappa shape index (κ1) is 18.2. The number of hydrogen-bond donors (Lipinski definition) is 1. The number of aliphatic hydroxyl groups is 1. The molecule has 0 aromatic rings. The lowest BCUT2D eigenvalue weighted by molar-refractivity contribution is -0.211. The molecule has 24 heavy (non-hydrogen) atoms. The van der Waals surface area contributed by atoms with Gasteiger partial charge < -0.3 is 14.7 Å². The van der Waals surface area contributed by atoms with Crippen LogP contribution in [-0.2, 0) is 9.53 Å². The molecule has 0 radical (unpaired) electrons. The molecule has 1 aliphatic carbocycles. The van der Waals surface area contributed by atoms with E-state index >= 15 is 0 Å². The summed E-state index contributed by atoms with van der Waals surface area (Å²) in [6, 6.07) is -0.0387. The molecule has 5 nitrogen and oxygen atoms in total. The summed E-state index contributed by atoms with van der Waals surface area (Å²) in [5.74, 6) is 0.295. The second kappa shape index (κ2) is 7.71. The predicted octanol–water partition coefficient (Wildman–Crippen LogP) is 2.03. The van der Waals surface area contributed by atoms with Crippen LogP contribution < -0.4 is 0 Å². The number of hydrogen-bond acceptors (Lipinski definition) is 4. The van der Waals surface area contributed by atoms with Gasteiger partial charge in [0.2, 0.25) is 5.91 Å².